The van der Waals surface area contributed by atoms with Gasteiger partial charge in [-0.1, -0.05) is 42.3 Å². The summed E-state index contributed by atoms with van der Waals surface area (Å²) in [6, 6.07) is 10.6. The van der Waals surface area contributed by atoms with E-state index in [9.17, 15) is 0 Å². The van der Waals surface area contributed by atoms with E-state index in [4.69, 9.17) is 9.31 Å². The molecule has 1 saturated carbocycles. The maximum Gasteiger partial charge on any atom is 0.495 e. The normalized spacial score (nSPS) is 23.6. The summed E-state index contributed by atoms with van der Waals surface area (Å²) in [7, 11) is -0.250. The Morgan fingerprint density at radius 3 is 1.95 bits per heavy atom. The van der Waals surface area contributed by atoms with E-state index in [1.54, 1.807) is 0 Å². The Bertz CT molecular complexity index is 536. The van der Waals surface area contributed by atoms with E-state index >= 15 is 0 Å². The average Bonchev–Trinajstić information content (AvgIpc) is 2.69. The molecule has 0 aromatic heterocycles. The van der Waals surface area contributed by atoms with Crippen molar-refractivity contribution in [1.29, 1.82) is 0 Å². The van der Waals surface area contributed by atoms with Crippen LogP contribution in [0.4, 0.5) is 0 Å². The first kappa shape index (κ1) is 15.8. The molecule has 0 N–H and O–H groups in total. The second-order valence-corrected chi connectivity index (χ2v) is 7.53. The van der Waals surface area contributed by atoms with Gasteiger partial charge in [0.2, 0.25) is 0 Å². The molecule has 118 valence electrons. The van der Waals surface area contributed by atoms with Crippen LogP contribution in [0.5, 0.6) is 0 Å². The molecule has 0 spiro atoms. The smallest absolute Gasteiger partial charge is 0.399 e. The van der Waals surface area contributed by atoms with Gasteiger partial charge in [-0.15, -0.1) is 0 Å². The largest absolute Gasteiger partial charge is 0.495 e. The van der Waals surface area contributed by atoms with Gasteiger partial charge >= 0.3 is 7.12 Å². The molecular weight excluding hydrogens is 271 g/mol. The maximum atomic E-state index is 6.35. The van der Waals surface area contributed by atoms with Crippen molar-refractivity contribution in [3.63, 3.8) is 0 Å². The van der Waals surface area contributed by atoms with E-state index in [0.29, 0.717) is 0 Å². The molecule has 0 bridgehead atoms. The van der Waals surface area contributed by atoms with Crippen molar-refractivity contribution in [3.8, 4) is 0 Å². The van der Waals surface area contributed by atoms with Gasteiger partial charge in [0.05, 0.1) is 11.2 Å². The predicted octanol–water partition coefficient (Wildman–Crippen LogP) is 5.04. The zero-order chi connectivity index (χ0) is 15.8. The highest BCUT2D eigenvalue weighted by Gasteiger charge is 2.53. The summed E-state index contributed by atoms with van der Waals surface area (Å²) in [5, 5.41) is 0. The van der Waals surface area contributed by atoms with Crippen LogP contribution in [0, 0.1) is 0 Å². The summed E-state index contributed by atoms with van der Waals surface area (Å²) in [4.78, 5) is 0. The quantitative estimate of drug-likeness (QED) is 0.712. The Balaban J connectivity index is 2.01. The van der Waals surface area contributed by atoms with Crippen molar-refractivity contribution < 1.29 is 9.31 Å². The molecule has 0 unspecified atom stereocenters. The van der Waals surface area contributed by atoms with Crippen LogP contribution in [-0.4, -0.2) is 18.3 Å². The van der Waals surface area contributed by atoms with E-state index in [1.807, 2.05) is 0 Å². The second-order valence-electron chi connectivity index (χ2n) is 7.53. The maximum absolute atomic E-state index is 6.35. The van der Waals surface area contributed by atoms with Gasteiger partial charge in [0.1, 0.15) is 0 Å². The zero-order valence-electron chi connectivity index (χ0n) is 14.3. The van der Waals surface area contributed by atoms with Crippen LogP contribution in [-0.2, 0) is 9.31 Å². The molecule has 0 atom stereocenters. The summed E-state index contributed by atoms with van der Waals surface area (Å²) in [6.07, 6.45) is 6.26. The van der Waals surface area contributed by atoms with Crippen LogP contribution in [0.15, 0.2) is 35.9 Å². The third-order valence-electron chi connectivity index (χ3n) is 5.41. The minimum Gasteiger partial charge on any atom is -0.399 e. The van der Waals surface area contributed by atoms with Gasteiger partial charge in [0, 0.05) is 0 Å². The fourth-order valence-electron chi connectivity index (χ4n) is 3.33. The molecular formula is C19H27BO2. The van der Waals surface area contributed by atoms with Crippen LogP contribution in [0.1, 0.15) is 65.4 Å². The van der Waals surface area contributed by atoms with Gasteiger partial charge in [-0.3, -0.25) is 0 Å². The molecule has 1 aromatic carbocycles. The van der Waals surface area contributed by atoms with Crippen LogP contribution in [0.25, 0.3) is 5.47 Å². The summed E-state index contributed by atoms with van der Waals surface area (Å²) in [5.41, 5.74) is 3.48. The molecule has 2 aliphatic rings. The van der Waals surface area contributed by atoms with Crippen molar-refractivity contribution >= 4 is 12.6 Å². The van der Waals surface area contributed by atoms with Crippen molar-refractivity contribution in [2.75, 3.05) is 0 Å². The van der Waals surface area contributed by atoms with Crippen LogP contribution in [0.3, 0.4) is 0 Å². The highest BCUT2D eigenvalue weighted by atomic mass is 16.7. The Labute approximate surface area is 135 Å². The Kier molecular flexibility index (Phi) is 4.22. The van der Waals surface area contributed by atoms with Crippen molar-refractivity contribution in [2.24, 2.45) is 0 Å². The monoisotopic (exact) mass is 298 g/mol. The summed E-state index contributed by atoms with van der Waals surface area (Å²) in [5.74, 6) is 0. The van der Waals surface area contributed by atoms with E-state index in [0.717, 1.165) is 0 Å². The molecule has 1 aliphatic heterocycles. The highest BCUT2D eigenvalue weighted by molar-refractivity contribution is 6.69. The summed E-state index contributed by atoms with van der Waals surface area (Å²) >= 11 is 0. The minimum atomic E-state index is -0.285. The SMILES string of the molecule is CC1(C)OB(C(=C2CCCCC2)c2ccccc2)OC1(C)C. The first-order valence-corrected chi connectivity index (χ1v) is 8.54. The van der Waals surface area contributed by atoms with E-state index in [1.165, 1.54) is 48.7 Å². The zero-order valence-corrected chi connectivity index (χ0v) is 14.3. The molecule has 1 aliphatic carbocycles. The first-order chi connectivity index (χ1) is 10.4. The number of benzene rings is 1. The summed E-state index contributed by atoms with van der Waals surface area (Å²) in [6.45, 7) is 8.50. The summed E-state index contributed by atoms with van der Waals surface area (Å²) < 4.78 is 12.7. The third-order valence-corrected chi connectivity index (χ3v) is 5.41. The highest BCUT2D eigenvalue weighted by Crippen LogP contribution is 2.43. The fraction of sp³-hybridized carbons (Fsp3) is 0.579. The first-order valence-electron chi connectivity index (χ1n) is 8.54. The number of allylic oxidation sites excluding steroid dienone is 1. The van der Waals surface area contributed by atoms with E-state index < -0.39 is 0 Å². The molecule has 0 radical (unpaired) electrons. The second kappa shape index (κ2) is 5.86. The molecule has 1 saturated heterocycles. The molecule has 2 nitrogen and oxygen atoms in total. The van der Waals surface area contributed by atoms with Gasteiger partial charge in [-0.25, -0.2) is 0 Å². The molecule has 2 fully saturated rings. The van der Waals surface area contributed by atoms with Crippen LogP contribution >= 0.6 is 0 Å². The lowest BCUT2D eigenvalue weighted by Gasteiger charge is -2.32. The van der Waals surface area contributed by atoms with Gasteiger partial charge < -0.3 is 9.31 Å². The Hall–Kier alpha value is -1.06. The lowest BCUT2D eigenvalue weighted by Crippen LogP contribution is -2.41. The molecule has 1 heterocycles. The van der Waals surface area contributed by atoms with Gasteiger partial charge in [0.15, 0.2) is 0 Å². The molecule has 3 heteroatoms. The van der Waals surface area contributed by atoms with Crippen molar-refractivity contribution in [3.05, 3.63) is 41.5 Å². The average molecular weight is 298 g/mol. The van der Waals surface area contributed by atoms with Crippen LogP contribution in [0.2, 0.25) is 0 Å². The number of hydrogen-bond donors (Lipinski definition) is 0. The standard InChI is InChI=1S/C19H27BO2/c1-18(2)19(3,4)22-20(21-18)17(15-11-7-5-8-12-15)16-13-9-6-10-14-16/h5,7-8,11-12H,6,9-10,13-14H2,1-4H3. The molecule has 0 amide bonds. The third kappa shape index (κ3) is 2.89. The van der Waals surface area contributed by atoms with Gasteiger partial charge in [-0.2, -0.15) is 0 Å². The Morgan fingerprint density at radius 2 is 1.41 bits per heavy atom. The lowest BCUT2D eigenvalue weighted by atomic mass is 9.69. The minimum absolute atomic E-state index is 0.250. The number of rotatable bonds is 2. The molecule has 22 heavy (non-hydrogen) atoms. The predicted molar refractivity (Wildman–Crippen MR) is 92.5 cm³/mol. The number of hydrogen-bond acceptors (Lipinski definition) is 2. The Morgan fingerprint density at radius 1 is 0.864 bits per heavy atom. The van der Waals surface area contributed by atoms with Gasteiger partial charge in [-0.05, 0) is 64.4 Å². The molecule has 3 rings (SSSR count). The van der Waals surface area contributed by atoms with E-state index in [2.05, 4.69) is 58.0 Å². The van der Waals surface area contributed by atoms with Crippen molar-refractivity contribution in [1.82, 2.24) is 0 Å². The van der Waals surface area contributed by atoms with E-state index in [-0.39, 0.29) is 18.3 Å². The fourth-order valence-corrected chi connectivity index (χ4v) is 3.33. The topological polar surface area (TPSA) is 18.5 Å². The molecule has 1 aromatic rings. The van der Waals surface area contributed by atoms with Crippen molar-refractivity contribution in [2.45, 2.75) is 71.0 Å². The van der Waals surface area contributed by atoms with Gasteiger partial charge in [0.25, 0.3) is 0 Å². The lowest BCUT2D eigenvalue weighted by molar-refractivity contribution is 0.00578. The van der Waals surface area contributed by atoms with Crippen LogP contribution < -0.4 is 0 Å².